The highest BCUT2D eigenvalue weighted by molar-refractivity contribution is 5.72. The molecule has 2 aromatic carbocycles. The topological polar surface area (TPSA) is 83.5 Å². The predicted octanol–water partition coefficient (Wildman–Crippen LogP) is 2.79. The SMILES string of the molecule is CC(C)(c1ccc(-c2ccccc2)cc1)[C@@H](N)C[C@@H](O)C(=O)O. The summed E-state index contributed by atoms with van der Waals surface area (Å²) in [5, 5.41) is 18.3. The van der Waals surface area contributed by atoms with Gasteiger partial charge in [-0.25, -0.2) is 4.79 Å². The second kappa shape index (κ2) is 6.94. The minimum atomic E-state index is -1.44. The summed E-state index contributed by atoms with van der Waals surface area (Å²) in [7, 11) is 0. The second-order valence-corrected chi connectivity index (χ2v) is 6.36. The average molecular weight is 313 g/mol. The zero-order chi connectivity index (χ0) is 17.0. The van der Waals surface area contributed by atoms with Gasteiger partial charge in [0.2, 0.25) is 0 Å². The molecule has 2 atom stereocenters. The zero-order valence-electron chi connectivity index (χ0n) is 13.4. The molecule has 23 heavy (non-hydrogen) atoms. The van der Waals surface area contributed by atoms with Crippen molar-refractivity contribution in [2.45, 2.75) is 37.8 Å². The van der Waals surface area contributed by atoms with Crippen molar-refractivity contribution in [1.82, 2.24) is 0 Å². The van der Waals surface area contributed by atoms with Crippen molar-refractivity contribution in [3.63, 3.8) is 0 Å². The number of hydrogen-bond donors (Lipinski definition) is 3. The number of carboxylic acids is 1. The van der Waals surface area contributed by atoms with Gasteiger partial charge in [0.05, 0.1) is 0 Å². The van der Waals surface area contributed by atoms with Crippen LogP contribution in [0.15, 0.2) is 54.6 Å². The van der Waals surface area contributed by atoms with Crippen molar-refractivity contribution in [3.05, 3.63) is 60.2 Å². The molecule has 0 saturated carbocycles. The summed E-state index contributed by atoms with van der Waals surface area (Å²) in [5.74, 6) is -1.24. The Kier molecular flexibility index (Phi) is 5.19. The molecular formula is C19H23NO3. The lowest BCUT2D eigenvalue weighted by atomic mass is 9.76. The third-order valence-corrected chi connectivity index (χ3v) is 4.43. The lowest BCUT2D eigenvalue weighted by Crippen LogP contribution is -2.44. The van der Waals surface area contributed by atoms with E-state index in [4.69, 9.17) is 10.8 Å². The van der Waals surface area contributed by atoms with E-state index in [1.807, 2.05) is 56.3 Å². The molecule has 0 heterocycles. The lowest BCUT2D eigenvalue weighted by molar-refractivity contribution is -0.147. The van der Waals surface area contributed by atoms with Crippen molar-refractivity contribution >= 4 is 5.97 Å². The molecule has 0 radical (unpaired) electrons. The minimum absolute atomic E-state index is 0.0166. The third-order valence-electron chi connectivity index (χ3n) is 4.43. The Morgan fingerprint density at radius 3 is 2.09 bits per heavy atom. The molecule has 0 unspecified atom stereocenters. The number of hydrogen-bond acceptors (Lipinski definition) is 3. The van der Waals surface area contributed by atoms with Crippen LogP contribution < -0.4 is 5.73 Å². The molecule has 2 aromatic rings. The molecule has 0 aliphatic rings. The smallest absolute Gasteiger partial charge is 0.332 e. The Morgan fingerprint density at radius 1 is 1.04 bits per heavy atom. The van der Waals surface area contributed by atoms with E-state index in [0.29, 0.717) is 0 Å². The van der Waals surface area contributed by atoms with Crippen LogP contribution in [-0.2, 0) is 10.2 Å². The maximum absolute atomic E-state index is 10.8. The summed E-state index contributed by atoms with van der Waals surface area (Å²) in [6, 6.07) is 17.7. The first-order valence-electron chi connectivity index (χ1n) is 7.65. The molecule has 0 bridgehead atoms. The highest BCUT2D eigenvalue weighted by Gasteiger charge is 2.31. The van der Waals surface area contributed by atoms with Crippen molar-refractivity contribution in [2.24, 2.45) is 5.73 Å². The predicted molar refractivity (Wildman–Crippen MR) is 91.1 cm³/mol. The number of aliphatic hydroxyl groups is 1. The van der Waals surface area contributed by atoms with Gasteiger partial charge in [0, 0.05) is 17.9 Å². The van der Waals surface area contributed by atoms with E-state index in [1.54, 1.807) is 0 Å². The van der Waals surface area contributed by atoms with Crippen LogP contribution >= 0.6 is 0 Å². The first kappa shape index (κ1) is 17.2. The van der Waals surface area contributed by atoms with Gasteiger partial charge in [-0.05, 0) is 16.7 Å². The fraction of sp³-hybridized carbons (Fsp3) is 0.316. The van der Waals surface area contributed by atoms with Crippen molar-refractivity contribution in [2.75, 3.05) is 0 Å². The summed E-state index contributed by atoms with van der Waals surface area (Å²) in [6.45, 7) is 3.92. The lowest BCUT2D eigenvalue weighted by Gasteiger charge is -2.33. The fourth-order valence-electron chi connectivity index (χ4n) is 2.57. The Bertz CT molecular complexity index is 650. The van der Waals surface area contributed by atoms with Gasteiger partial charge in [-0.2, -0.15) is 0 Å². The van der Waals surface area contributed by atoms with E-state index in [9.17, 15) is 9.90 Å². The maximum Gasteiger partial charge on any atom is 0.332 e. The minimum Gasteiger partial charge on any atom is -0.479 e. The van der Waals surface area contributed by atoms with Gasteiger partial charge in [0.25, 0.3) is 0 Å². The first-order chi connectivity index (χ1) is 10.8. The fourth-order valence-corrected chi connectivity index (χ4v) is 2.57. The number of carbonyl (C=O) groups is 1. The quantitative estimate of drug-likeness (QED) is 0.765. The van der Waals surface area contributed by atoms with Gasteiger partial charge >= 0.3 is 5.97 Å². The van der Waals surface area contributed by atoms with Crippen molar-refractivity contribution in [1.29, 1.82) is 0 Å². The first-order valence-corrected chi connectivity index (χ1v) is 7.65. The Hall–Kier alpha value is -2.17. The van der Waals surface area contributed by atoms with E-state index >= 15 is 0 Å². The van der Waals surface area contributed by atoms with E-state index in [-0.39, 0.29) is 6.42 Å². The Balaban J connectivity index is 2.18. The Morgan fingerprint density at radius 2 is 1.57 bits per heavy atom. The summed E-state index contributed by atoms with van der Waals surface area (Å²) in [4.78, 5) is 10.8. The summed E-state index contributed by atoms with van der Waals surface area (Å²) >= 11 is 0. The second-order valence-electron chi connectivity index (χ2n) is 6.36. The maximum atomic E-state index is 10.8. The third kappa shape index (κ3) is 3.97. The zero-order valence-corrected chi connectivity index (χ0v) is 13.4. The number of benzene rings is 2. The van der Waals surface area contributed by atoms with Gasteiger partial charge in [-0.15, -0.1) is 0 Å². The van der Waals surface area contributed by atoms with Gasteiger partial charge in [-0.3, -0.25) is 0 Å². The van der Waals surface area contributed by atoms with Gasteiger partial charge < -0.3 is 15.9 Å². The molecule has 0 aromatic heterocycles. The van der Waals surface area contributed by atoms with Crippen LogP contribution in [0.4, 0.5) is 0 Å². The van der Waals surface area contributed by atoms with Crippen LogP contribution in [0.2, 0.25) is 0 Å². The van der Waals surface area contributed by atoms with Crippen LogP contribution in [0.25, 0.3) is 11.1 Å². The van der Waals surface area contributed by atoms with Crippen LogP contribution in [0.5, 0.6) is 0 Å². The molecule has 0 aliphatic carbocycles. The normalized spacial score (nSPS) is 14.3. The van der Waals surface area contributed by atoms with E-state index in [2.05, 4.69) is 12.1 Å². The summed E-state index contributed by atoms with van der Waals surface area (Å²) < 4.78 is 0. The molecule has 4 N–H and O–H groups in total. The molecule has 0 aliphatic heterocycles. The Labute approximate surface area is 136 Å². The number of carboxylic acid groups (broad SMARTS) is 1. The highest BCUT2D eigenvalue weighted by Crippen LogP contribution is 2.30. The highest BCUT2D eigenvalue weighted by atomic mass is 16.4. The molecule has 0 amide bonds. The van der Waals surface area contributed by atoms with Crippen LogP contribution in [0, 0.1) is 0 Å². The monoisotopic (exact) mass is 313 g/mol. The van der Waals surface area contributed by atoms with Crippen LogP contribution in [0.3, 0.4) is 0 Å². The molecule has 0 fully saturated rings. The van der Waals surface area contributed by atoms with Crippen LogP contribution in [-0.4, -0.2) is 28.3 Å². The molecule has 0 saturated heterocycles. The average Bonchev–Trinajstić information content (AvgIpc) is 2.55. The van der Waals surface area contributed by atoms with Crippen LogP contribution in [0.1, 0.15) is 25.8 Å². The number of rotatable bonds is 6. The van der Waals surface area contributed by atoms with E-state index in [0.717, 1.165) is 16.7 Å². The summed E-state index contributed by atoms with van der Waals surface area (Å²) in [6.07, 6.45) is -1.42. The number of nitrogens with two attached hydrogens (primary N) is 1. The molecule has 122 valence electrons. The van der Waals surface area contributed by atoms with Gasteiger partial charge in [0.1, 0.15) is 0 Å². The number of aliphatic carboxylic acids is 1. The van der Waals surface area contributed by atoms with Crippen molar-refractivity contribution in [3.8, 4) is 11.1 Å². The number of aliphatic hydroxyl groups excluding tert-OH is 1. The summed E-state index contributed by atoms with van der Waals surface area (Å²) in [5.41, 5.74) is 8.98. The van der Waals surface area contributed by atoms with E-state index < -0.39 is 23.5 Å². The van der Waals surface area contributed by atoms with E-state index in [1.165, 1.54) is 0 Å². The molecule has 4 heteroatoms. The molecule has 0 spiro atoms. The standard InChI is InChI=1S/C19H23NO3/c1-19(2,17(20)12-16(21)18(22)23)15-10-8-14(9-11-15)13-6-4-3-5-7-13/h3-11,16-17,21H,12,20H2,1-2H3,(H,22,23)/t16-,17+/m1/s1. The molecule has 2 rings (SSSR count). The largest absolute Gasteiger partial charge is 0.479 e. The molecule has 4 nitrogen and oxygen atoms in total. The molecular weight excluding hydrogens is 290 g/mol. The van der Waals surface area contributed by atoms with Crippen molar-refractivity contribution < 1.29 is 15.0 Å². The van der Waals surface area contributed by atoms with Gasteiger partial charge in [0.15, 0.2) is 6.10 Å². The van der Waals surface area contributed by atoms with Gasteiger partial charge in [-0.1, -0.05) is 68.4 Å².